The standard InChI is InChI=1S/C23H30N2O2/c1-16-9-10-18(3)22(15-16)27-20(5)23(26)25-13-11-24(12-14-25)21-8-6-7-17(2)19(21)4/h6-10,15,20H,11-14H2,1-5H3/t20-/m1/s1. The second-order valence-corrected chi connectivity index (χ2v) is 7.56. The molecular formula is C23H30N2O2. The van der Waals surface area contributed by atoms with E-state index in [4.69, 9.17) is 4.74 Å². The van der Waals surface area contributed by atoms with Gasteiger partial charge in [-0.2, -0.15) is 0 Å². The highest BCUT2D eigenvalue weighted by molar-refractivity contribution is 5.81. The van der Waals surface area contributed by atoms with Gasteiger partial charge in [0.2, 0.25) is 0 Å². The molecular weight excluding hydrogens is 336 g/mol. The Kier molecular flexibility index (Phi) is 5.73. The van der Waals surface area contributed by atoms with E-state index in [1.165, 1.54) is 16.8 Å². The van der Waals surface area contributed by atoms with E-state index in [2.05, 4.69) is 43.0 Å². The number of piperazine rings is 1. The fourth-order valence-electron chi connectivity index (χ4n) is 3.58. The van der Waals surface area contributed by atoms with Gasteiger partial charge in [-0.25, -0.2) is 0 Å². The van der Waals surface area contributed by atoms with Crippen molar-refractivity contribution >= 4 is 11.6 Å². The van der Waals surface area contributed by atoms with Crippen LogP contribution in [0.4, 0.5) is 5.69 Å². The first-order valence-electron chi connectivity index (χ1n) is 9.70. The normalized spacial score (nSPS) is 15.6. The highest BCUT2D eigenvalue weighted by Crippen LogP contribution is 2.25. The van der Waals surface area contributed by atoms with E-state index < -0.39 is 6.10 Å². The molecule has 27 heavy (non-hydrogen) atoms. The second-order valence-electron chi connectivity index (χ2n) is 7.56. The number of hydrogen-bond acceptors (Lipinski definition) is 3. The van der Waals surface area contributed by atoms with Crippen molar-refractivity contribution in [1.82, 2.24) is 4.90 Å². The maximum absolute atomic E-state index is 12.8. The Hall–Kier alpha value is -2.49. The molecule has 4 heteroatoms. The number of hydrogen-bond donors (Lipinski definition) is 0. The average Bonchev–Trinajstić information content (AvgIpc) is 2.66. The molecule has 0 unspecified atom stereocenters. The number of amides is 1. The van der Waals surface area contributed by atoms with E-state index in [1.54, 1.807) is 0 Å². The number of carbonyl (C=O) groups excluding carboxylic acids is 1. The minimum Gasteiger partial charge on any atom is -0.481 e. The molecule has 0 bridgehead atoms. The van der Waals surface area contributed by atoms with Crippen molar-refractivity contribution in [2.45, 2.75) is 40.7 Å². The lowest BCUT2D eigenvalue weighted by Gasteiger charge is -2.38. The Labute approximate surface area is 162 Å². The number of nitrogens with zero attached hydrogens (tertiary/aromatic N) is 2. The smallest absolute Gasteiger partial charge is 0.263 e. The Balaban J connectivity index is 1.61. The Bertz CT molecular complexity index is 823. The topological polar surface area (TPSA) is 32.8 Å². The third-order valence-electron chi connectivity index (χ3n) is 5.50. The molecule has 0 saturated carbocycles. The number of carbonyl (C=O) groups is 1. The fraction of sp³-hybridized carbons (Fsp3) is 0.435. The third-order valence-corrected chi connectivity index (χ3v) is 5.50. The molecule has 0 aliphatic carbocycles. The summed E-state index contributed by atoms with van der Waals surface area (Å²) in [5.41, 5.74) is 6.10. The first-order chi connectivity index (χ1) is 12.9. The second kappa shape index (κ2) is 8.03. The predicted octanol–water partition coefficient (Wildman–Crippen LogP) is 4.04. The SMILES string of the molecule is Cc1ccc(C)c(O[C@H](C)C(=O)N2CCN(c3cccc(C)c3C)CC2)c1. The first-order valence-corrected chi connectivity index (χ1v) is 9.70. The lowest BCUT2D eigenvalue weighted by atomic mass is 10.1. The zero-order valence-electron chi connectivity index (χ0n) is 17.1. The van der Waals surface area contributed by atoms with E-state index in [9.17, 15) is 4.79 Å². The quantitative estimate of drug-likeness (QED) is 0.819. The summed E-state index contributed by atoms with van der Waals surface area (Å²) in [6.45, 7) is 13.4. The van der Waals surface area contributed by atoms with Gasteiger partial charge in [-0.15, -0.1) is 0 Å². The van der Waals surface area contributed by atoms with Crippen LogP contribution in [0.3, 0.4) is 0 Å². The van der Waals surface area contributed by atoms with Gasteiger partial charge in [0, 0.05) is 31.9 Å². The number of benzene rings is 2. The van der Waals surface area contributed by atoms with Gasteiger partial charge in [-0.1, -0.05) is 24.3 Å². The lowest BCUT2D eigenvalue weighted by Crippen LogP contribution is -2.52. The van der Waals surface area contributed by atoms with Crippen molar-refractivity contribution in [1.29, 1.82) is 0 Å². The predicted molar refractivity (Wildman–Crippen MR) is 111 cm³/mol. The Morgan fingerprint density at radius 3 is 2.37 bits per heavy atom. The van der Waals surface area contributed by atoms with Gasteiger partial charge >= 0.3 is 0 Å². The minimum absolute atomic E-state index is 0.0662. The summed E-state index contributed by atoms with van der Waals surface area (Å²) in [5, 5.41) is 0. The van der Waals surface area contributed by atoms with E-state index in [0.717, 1.165) is 43.1 Å². The molecule has 1 atom stereocenters. The van der Waals surface area contributed by atoms with Crippen LogP contribution in [-0.4, -0.2) is 43.1 Å². The van der Waals surface area contributed by atoms with Crippen LogP contribution < -0.4 is 9.64 Å². The van der Waals surface area contributed by atoms with Crippen LogP contribution in [0.25, 0.3) is 0 Å². The molecule has 1 saturated heterocycles. The maximum atomic E-state index is 12.8. The molecule has 1 fully saturated rings. The van der Waals surface area contributed by atoms with Crippen molar-refractivity contribution in [2.75, 3.05) is 31.1 Å². The van der Waals surface area contributed by atoms with E-state index in [-0.39, 0.29) is 5.91 Å². The number of aryl methyl sites for hydroxylation is 3. The van der Waals surface area contributed by atoms with E-state index >= 15 is 0 Å². The summed E-state index contributed by atoms with van der Waals surface area (Å²) in [7, 11) is 0. The maximum Gasteiger partial charge on any atom is 0.263 e. The Morgan fingerprint density at radius 2 is 1.67 bits per heavy atom. The molecule has 0 spiro atoms. The van der Waals surface area contributed by atoms with Gasteiger partial charge in [0.25, 0.3) is 5.91 Å². The van der Waals surface area contributed by atoms with Crippen molar-refractivity contribution in [2.24, 2.45) is 0 Å². The first kappa shape index (κ1) is 19.3. The summed E-state index contributed by atoms with van der Waals surface area (Å²) in [6.07, 6.45) is -0.474. The molecule has 1 aliphatic heterocycles. The van der Waals surface area contributed by atoms with Crippen LogP contribution in [0.1, 0.15) is 29.2 Å². The van der Waals surface area contributed by atoms with Crippen LogP contribution >= 0.6 is 0 Å². The highest BCUT2D eigenvalue weighted by atomic mass is 16.5. The molecule has 0 radical (unpaired) electrons. The van der Waals surface area contributed by atoms with Crippen LogP contribution in [0.15, 0.2) is 36.4 Å². The molecule has 1 aliphatic rings. The summed E-state index contributed by atoms with van der Waals surface area (Å²) in [4.78, 5) is 17.2. The van der Waals surface area contributed by atoms with Crippen LogP contribution in [0.5, 0.6) is 5.75 Å². The molecule has 4 nitrogen and oxygen atoms in total. The van der Waals surface area contributed by atoms with E-state index in [1.807, 2.05) is 37.8 Å². The zero-order valence-corrected chi connectivity index (χ0v) is 17.1. The van der Waals surface area contributed by atoms with Crippen molar-refractivity contribution in [3.63, 3.8) is 0 Å². The number of ether oxygens (including phenoxy) is 1. The third kappa shape index (κ3) is 4.26. The van der Waals surface area contributed by atoms with Crippen LogP contribution in [0, 0.1) is 27.7 Å². The molecule has 3 rings (SSSR count). The average molecular weight is 367 g/mol. The summed E-state index contributed by atoms with van der Waals surface area (Å²) < 4.78 is 5.98. The van der Waals surface area contributed by atoms with Crippen molar-refractivity contribution in [3.05, 3.63) is 58.7 Å². The molecule has 2 aromatic rings. The molecule has 1 amide bonds. The minimum atomic E-state index is -0.474. The highest BCUT2D eigenvalue weighted by Gasteiger charge is 2.27. The molecule has 144 valence electrons. The van der Waals surface area contributed by atoms with Crippen molar-refractivity contribution < 1.29 is 9.53 Å². The summed E-state index contributed by atoms with van der Waals surface area (Å²) >= 11 is 0. The molecule has 2 aromatic carbocycles. The van der Waals surface area contributed by atoms with Gasteiger partial charge in [-0.3, -0.25) is 4.79 Å². The number of anilines is 1. The van der Waals surface area contributed by atoms with Gasteiger partial charge in [0.05, 0.1) is 0 Å². The van der Waals surface area contributed by atoms with Gasteiger partial charge in [-0.05, 0) is 69.0 Å². The van der Waals surface area contributed by atoms with E-state index in [0.29, 0.717) is 0 Å². The van der Waals surface area contributed by atoms with Gasteiger partial charge < -0.3 is 14.5 Å². The largest absolute Gasteiger partial charge is 0.481 e. The molecule has 0 aromatic heterocycles. The lowest BCUT2D eigenvalue weighted by molar-refractivity contribution is -0.138. The van der Waals surface area contributed by atoms with Crippen LogP contribution in [-0.2, 0) is 4.79 Å². The summed E-state index contributed by atoms with van der Waals surface area (Å²) in [5.74, 6) is 0.862. The summed E-state index contributed by atoms with van der Waals surface area (Å²) in [6, 6.07) is 12.5. The molecule has 0 N–H and O–H groups in total. The molecule has 1 heterocycles. The fourth-order valence-corrected chi connectivity index (χ4v) is 3.58. The van der Waals surface area contributed by atoms with Crippen molar-refractivity contribution in [3.8, 4) is 5.75 Å². The Morgan fingerprint density at radius 1 is 0.963 bits per heavy atom. The van der Waals surface area contributed by atoms with Crippen LogP contribution in [0.2, 0.25) is 0 Å². The zero-order chi connectivity index (χ0) is 19.6. The number of rotatable bonds is 4. The monoisotopic (exact) mass is 366 g/mol. The van der Waals surface area contributed by atoms with Gasteiger partial charge in [0.1, 0.15) is 5.75 Å². The van der Waals surface area contributed by atoms with Gasteiger partial charge in [0.15, 0.2) is 6.10 Å².